The lowest BCUT2D eigenvalue weighted by Gasteiger charge is -2.32. The van der Waals surface area contributed by atoms with E-state index < -0.39 is 0 Å². The van der Waals surface area contributed by atoms with Crippen molar-refractivity contribution in [1.82, 2.24) is 0 Å². The molecule has 3 nitrogen and oxygen atoms in total. The SMILES string of the molecule is N#Cc1cccc(C#N)c1-c1cccc(-c2ccc(N3c4ccccc4Sc4ccccc43)cc2)c1. The molecule has 1 aliphatic heterocycles. The Hall–Kier alpha value is -4.77. The standard InChI is InChI=1S/C32H19N3S/c33-20-25-9-6-10-26(21-34)32(25)24-8-5-7-23(19-24)22-15-17-27(18-16-22)35-28-11-1-3-13-30(28)36-31-14-4-2-12-29(31)35/h1-19H. The quantitative estimate of drug-likeness (QED) is 0.256. The Morgan fingerprint density at radius 2 is 1.08 bits per heavy atom. The summed E-state index contributed by atoms with van der Waals surface area (Å²) in [6.45, 7) is 0. The van der Waals surface area contributed by atoms with E-state index in [1.165, 1.54) is 21.2 Å². The maximum atomic E-state index is 9.61. The molecule has 0 aromatic heterocycles. The van der Waals surface area contributed by atoms with Crippen LogP contribution < -0.4 is 4.90 Å². The van der Waals surface area contributed by atoms with E-state index in [0.717, 1.165) is 22.4 Å². The third-order valence-corrected chi connectivity index (χ3v) is 7.48. The molecule has 1 aliphatic rings. The van der Waals surface area contributed by atoms with Crippen molar-refractivity contribution in [3.63, 3.8) is 0 Å². The second kappa shape index (κ2) is 9.12. The third kappa shape index (κ3) is 3.71. The topological polar surface area (TPSA) is 50.8 Å². The predicted octanol–water partition coefficient (Wildman–Crippen LogP) is 8.70. The molecule has 0 saturated heterocycles. The molecule has 0 N–H and O–H groups in total. The lowest BCUT2D eigenvalue weighted by atomic mass is 9.93. The first-order chi connectivity index (χ1) is 17.8. The van der Waals surface area contributed by atoms with Gasteiger partial charge in [-0.1, -0.05) is 72.4 Å². The van der Waals surface area contributed by atoms with Gasteiger partial charge in [0.15, 0.2) is 0 Å². The van der Waals surface area contributed by atoms with Crippen molar-refractivity contribution in [1.29, 1.82) is 10.5 Å². The molecule has 0 atom stereocenters. The van der Waals surface area contributed by atoms with Gasteiger partial charge in [-0.2, -0.15) is 10.5 Å². The summed E-state index contributed by atoms with van der Waals surface area (Å²) in [4.78, 5) is 4.78. The van der Waals surface area contributed by atoms with Crippen LogP contribution in [0.2, 0.25) is 0 Å². The van der Waals surface area contributed by atoms with E-state index in [1.54, 1.807) is 30.0 Å². The molecule has 36 heavy (non-hydrogen) atoms. The second-order valence-electron chi connectivity index (χ2n) is 8.45. The fourth-order valence-electron chi connectivity index (χ4n) is 4.69. The molecule has 0 amide bonds. The van der Waals surface area contributed by atoms with Crippen LogP contribution >= 0.6 is 11.8 Å². The van der Waals surface area contributed by atoms with E-state index in [-0.39, 0.29) is 0 Å². The number of anilines is 3. The third-order valence-electron chi connectivity index (χ3n) is 6.35. The van der Waals surface area contributed by atoms with E-state index in [2.05, 4.69) is 95.9 Å². The van der Waals surface area contributed by atoms with E-state index in [9.17, 15) is 10.5 Å². The van der Waals surface area contributed by atoms with E-state index in [0.29, 0.717) is 16.7 Å². The van der Waals surface area contributed by atoms with Crippen molar-refractivity contribution in [2.75, 3.05) is 4.90 Å². The smallest absolute Gasteiger partial charge is 0.0998 e. The van der Waals surface area contributed by atoms with Gasteiger partial charge in [0.25, 0.3) is 0 Å². The van der Waals surface area contributed by atoms with Gasteiger partial charge >= 0.3 is 0 Å². The van der Waals surface area contributed by atoms with Gasteiger partial charge in [-0.15, -0.1) is 0 Å². The van der Waals surface area contributed by atoms with Gasteiger partial charge in [-0.25, -0.2) is 0 Å². The normalized spacial score (nSPS) is 11.7. The molecule has 0 bridgehead atoms. The number of benzene rings is 5. The van der Waals surface area contributed by atoms with Crippen LogP contribution in [0.4, 0.5) is 17.1 Å². The van der Waals surface area contributed by atoms with Gasteiger partial charge in [-0.3, -0.25) is 0 Å². The van der Waals surface area contributed by atoms with Crippen LogP contribution in [0.1, 0.15) is 11.1 Å². The Morgan fingerprint density at radius 1 is 0.528 bits per heavy atom. The number of para-hydroxylation sites is 2. The minimum Gasteiger partial charge on any atom is -0.308 e. The summed E-state index contributed by atoms with van der Waals surface area (Å²) in [5, 5.41) is 19.2. The van der Waals surface area contributed by atoms with Crippen LogP contribution in [0.5, 0.6) is 0 Å². The number of nitriles is 2. The van der Waals surface area contributed by atoms with Crippen LogP contribution in [-0.2, 0) is 0 Å². The Kier molecular flexibility index (Phi) is 5.51. The van der Waals surface area contributed by atoms with Crippen molar-refractivity contribution < 1.29 is 0 Å². The van der Waals surface area contributed by atoms with Crippen LogP contribution in [0, 0.1) is 22.7 Å². The largest absolute Gasteiger partial charge is 0.308 e. The molecule has 5 aromatic carbocycles. The van der Waals surface area contributed by atoms with Crippen molar-refractivity contribution in [2.45, 2.75) is 9.79 Å². The Labute approximate surface area is 214 Å². The van der Waals surface area contributed by atoms with Gasteiger partial charge in [0.2, 0.25) is 0 Å². The first kappa shape index (κ1) is 21.7. The molecule has 1 heterocycles. The first-order valence-electron chi connectivity index (χ1n) is 11.6. The van der Waals surface area contributed by atoms with E-state index in [1.807, 2.05) is 18.2 Å². The van der Waals surface area contributed by atoms with Gasteiger partial charge < -0.3 is 4.90 Å². The summed E-state index contributed by atoms with van der Waals surface area (Å²) < 4.78 is 0. The first-order valence-corrected chi connectivity index (χ1v) is 12.4. The summed E-state index contributed by atoms with van der Waals surface area (Å²) in [6.07, 6.45) is 0. The lowest BCUT2D eigenvalue weighted by Crippen LogP contribution is -2.14. The number of hydrogen-bond donors (Lipinski definition) is 0. The average Bonchev–Trinajstić information content (AvgIpc) is 2.95. The van der Waals surface area contributed by atoms with E-state index in [4.69, 9.17) is 0 Å². The Balaban J connectivity index is 1.40. The Bertz CT molecular complexity index is 1610. The highest BCUT2D eigenvalue weighted by molar-refractivity contribution is 7.99. The minimum atomic E-state index is 0.502. The predicted molar refractivity (Wildman–Crippen MR) is 146 cm³/mol. The zero-order valence-corrected chi connectivity index (χ0v) is 20.0. The lowest BCUT2D eigenvalue weighted by molar-refractivity contribution is 1.17. The highest BCUT2D eigenvalue weighted by Gasteiger charge is 2.24. The number of nitrogens with zero attached hydrogens (tertiary/aromatic N) is 3. The summed E-state index contributed by atoms with van der Waals surface area (Å²) in [6, 6.07) is 43.3. The summed E-state index contributed by atoms with van der Waals surface area (Å²) in [5.74, 6) is 0. The van der Waals surface area contributed by atoms with Gasteiger partial charge in [0.05, 0.1) is 34.6 Å². The van der Waals surface area contributed by atoms with Crippen LogP contribution in [0.25, 0.3) is 22.3 Å². The molecule has 0 spiro atoms. The van der Waals surface area contributed by atoms with E-state index >= 15 is 0 Å². The fourth-order valence-corrected chi connectivity index (χ4v) is 5.75. The molecule has 0 aliphatic carbocycles. The average molecular weight is 478 g/mol. The molecule has 0 fully saturated rings. The molecule has 0 unspecified atom stereocenters. The van der Waals surface area contributed by atoms with Crippen molar-refractivity contribution >= 4 is 28.8 Å². The van der Waals surface area contributed by atoms with Crippen molar-refractivity contribution in [3.8, 4) is 34.4 Å². The zero-order valence-electron chi connectivity index (χ0n) is 19.2. The maximum Gasteiger partial charge on any atom is 0.0998 e. The van der Waals surface area contributed by atoms with Crippen LogP contribution in [0.3, 0.4) is 0 Å². The molecule has 168 valence electrons. The molecular formula is C32H19N3S. The highest BCUT2D eigenvalue weighted by atomic mass is 32.2. The molecule has 0 radical (unpaired) electrons. The highest BCUT2D eigenvalue weighted by Crippen LogP contribution is 2.51. The zero-order chi connectivity index (χ0) is 24.5. The maximum absolute atomic E-state index is 9.61. The van der Waals surface area contributed by atoms with Crippen LogP contribution in [0.15, 0.2) is 125 Å². The van der Waals surface area contributed by atoms with Crippen molar-refractivity contribution in [3.05, 3.63) is 126 Å². The van der Waals surface area contributed by atoms with Gasteiger partial charge in [0.1, 0.15) is 0 Å². The second-order valence-corrected chi connectivity index (χ2v) is 9.54. The molecule has 5 aromatic rings. The molecular weight excluding hydrogens is 458 g/mol. The molecule has 4 heteroatoms. The monoisotopic (exact) mass is 477 g/mol. The molecule has 6 rings (SSSR count). The number of fused-ring (bicyclic) bond motifs is 2. The summed E-state index contributed by atoms with van der Waals surface area (Å²) in [5.41, 5.74) is 8.09. The summed E-state index contributed by atoms with van der Waals surface area (Å²) >= 11 is 1.80. The van der Waals surface area contributed by atoms with Crippen molar-refractivity contribution in [2.24, 2.45) is 0 Å². The van der Waals surface area contributed by atoms with Gasteiger partial charge in [0, 0.05) is 21.0 Å². The number of rotatable bonds is 3. The molecule has 0 saturated carbocycles. The summed E-state index contributed by atoms with van der Waals surface area (Å²) in [7, 11) is 0. The Morgan fingerprint density at radius 3 is 1.69 bits per heavy atom. The fraction of sp³-hybridized carbons (Fsp3) is 0. The minimum absolute atomic E-state index is 0.502. The van der Waals surface area contributed by atoms with Crippen LogP contribution in [-0.4, -0.2) is 0 Å². The number of hydrogen-bond acceptors (Lipinski definition) is 4. The van der Waals surface area contributed by atoms with Gasteiger partial charge in [-0.05, 0) is 71.3 Å².